The lowest BCUT2D eigenvalue weighted by Crippen LogP contribution is -2.54. The van der Waals surface area contributed by atoms with Crippen LogP contribution in [0.25, 0.3) is 0 Å². The number of amides is 5. The number of hydrogen-bond donors (Lipinski definition) is 4. The van der Waals surface area contributed by atoms with Crippen molar-refractivity contribution in [2.75, 3.05) is 11.9 Å². The zero-order valence-electron chi connectivity index (χ0n) is 21.0. The van der Waals surface area contributed by atoms with Crippen LogP contribution in [-0.4, -0.2) is 58.3 Å². The molecule has 192 valence electrons. The molecule has 0 aliphatic carbocycles. The molecule has 10 heteroatoms. The molecule has 1 fully saturated rings. The Kier molecular flexibility index (Phi) is 10.3. The van der Waals surface area contributed by atoms with E-state index in [4.69, 9.17) is 0 Å². The van der Waals surface area contributed by atoms with Crippen molar-refractivity contribution in [2.24, 2.45) is 11.8 Å². The van der Waals surface area contributed by atoms with Crippen molar-refractivity contribution in [2.45, 2.75) is 71.2 Å². The quantitative estimate of drug-likeness (QED) is 0.271. The summed E-state index contributed by atoms with van der Waals surface area (Å²) in [5, 5.41) is 7.40. The zero-order chi connectivity index (χ0) is 26.3. The summed E-state index contributed by atoms with van der Waals surface area (Å²) in [6, 6.07) is 5.87. The second-order valence-electron chi connectivity index (χ2n) is 9.66. The minimum atomic E-state index is -0.879. The number of carbonyl (C=O) groups excluding carboxylic acids is 5. The second kappa shape index (κ2) is 12.7. The summed E-state index contributed by atoms with van der Waals surface area (Å²) in [5.74, 6) is -1.84. The summed E-state index contributed by atoms with van der Waals surface area (Å²) in [4.78, 5) is 62.6. The molecule has 5 amide bonds. The lowest BCUT2D eigenvalue weighted by atomic mass is 10.0. The molecule has 3 N–H and O–H groups in total. The van der Waals surface area contributed by atoms with Gasteiger partial charge < -0.3 is 16.0 Å². The predicted molar refractivity (Wildman–Crippen MR) is 137 cm³/mol. The van der Waals surface area contributed by atoms with Crippen molar-refractivity contribution < 1.29 is 24.0 Å². The summed E-state index contributed by atoms with van der Waals surface area (Å²) < 4.78 is 0. The minimum absolute atomic E-state index is 0.0165. The van der Waals surface area contributed by atoms with Crippen LogP contribution in [0.5, 0.6) is 0 Å². The topological polar surface area (TPSA) is 125 Å². The van der Waals surface area contributed by atoms with Crippen molar-refractivity contribution in [3.05, 3.63) is 29.8 Å². The van der Waals surface area contributed by atoms with Crippen molar-refractivity contribution in [3.63, 3.8) is 0 Å². The van der Waals surface area contributed by atoms with Gasteiger partial charge >= 0.3 is 0 Å². The average molecular weight is 505 g/mol. The van der Waals surface area contributed by atoms with Crippen LogP contribution in [0.15, 0.2) is 24.3 Å². The van der Waals surface area contributed by atoms with Gasteiger partial charge in [0.05, 0.1) is 5.25 Å². The Bertz CT molecular complexity index is 948. The highest BCUT2D eigenvalue weighted by molar-refractivity contribution is 7.81. The molecule has 9 nitrogen and oxygen atoms in total. The first-order valence-electron chi connectivity index (χ1n) is 11.9. The highest BCUT2D eigenvalue weighted by Crippen LogP contribution is 2.18. The van der Waals surface area contributed by atoms with Gasteiger partial charge in [0, 0.05) is 25.1 Å². The lowest BCUT2D eigenvalue weighted by Gasteiger charge is -2.24. The minimum Gasteiger partial charge on any atom is -0.344 e. The fraction of sp³-hybridized carbons (Fsp3) is 0.560. The third-order valence-electron chi connectivity index (χ3n) is 5.67. The van der Waals surface area contributed by atoms with Gasteiger partial charge in [-0.25, -0.2) is 0 Å². The number of nitrogens with zero attached hydrogens (tertiary/aromatic N) is 1. The zero-order valence-corrected chi connectivity index (χ0v) is 21.9. The fourth-order valence-electron chi connectivity index (χ4n) is 3.71. The van der Waals surface area contributed by atoms with E-state index in [1.807, 2.05) is 24.3 Å². The maximum absolute atomic E-state index is 12.8. The lowest BCUT2D eigenvalue weighted by molar-refractivity contribution is -0.139. The van der Waals surface area contributed by atoms with Crippen LogP contribution in [0.3, 0.4) is 0 Å². The van der Waals surface area contributed by atoms with Crippen molar-refractivity contribution in [1.82, 2.24) is 15.5 Å². The molecule has 1 aromatic rings. The van der Waals surface area contributed by atoms with Crippen LogP contribution in [0, 0.1) is 11.8 Å². The third kappa shape index (κ3) is 8.38. The van der Waals surface area contributed by atoms with Crippen LogP contribution in [0.2, 0.25) is 0 Å². The van der Waals surface area contributed by atoms with Gasteiger partial charge in [-0.15, -0.1) is 0 Å². The van der Waals surface area contributed by atoms with Crippen molar-refractivity contribution in [3.8, 4) is 0 Å². The van der Waals surface area contributed by atoms with E-state index in [-0.39, 0.29) is 37.1 Å². The van der Waals surface area contributed by atoms with Gasteiger partial charge in [0.25, 0.3) is 0 Å². The largest absolute Gasteiger partial charge is 0.344 e. The van der Waals surface area contributed by atoms with Gasteiger partial charge in [-0.3, -0.25) is 28.9 Å². The predicted octanol–water partition coefficient (Wildman–Crippen LogP) is 1.92. The van der Waals surface area contributed by atoms with Gasteiger partial charge in [0.2, 0.25) is 29.5 Å². The first kappa shape index (κ1) is 28.4. The van der Waals surface area contributed by atoms with Gasteiger partial charge in [-0.2, -0.15) is 12.6 Å². The standard InChI is InChI=1S/C25H36N4O5S/c1-14(2)12-17-6-8-18(9-7-17)27-23(32)16(5)26-24(33)22(15(3)4)28-20(30)10-11-29-21(31)13-19(35)25(29)34/h6-9,14-16,19,22,35H,10-13H2,1-5H3,(H,26,33)(H,27,32)(H,28,30)/t16-,19?,22?/m0/s1. The Morgan fingerprint density at radius 1 is 1.00 bits per heavy atom. The summed E-state index contributed by atoms with van der Waals surface area (Å²) in [6.45, 7) is 9.32. The number of hydrogen-bond acceptors (Lipinski definition) is 6. The van der Waals surface area contributed by atoms with Gasteiger partial charge in [0.15, 0.2) is 0 Å². The summed E-state index contributed by atoms with van der Waals surface area (Å²) in [7, 11) is 0. The molecule has 1 heterocycles. The van der Waals surface area contributed by atoms with Crippen molar-refractivity contribution >= 4 is 47.9 Å². The summed E-state index contributed by atoms with van der Waals surface area (Å²) in [5.41, 5.74) is 1.81. The number of anilines is 1. The Morgan fingerprint density at radius 2 is 1.63 bits per heavy atom. The van der Waals surface area contributed by atoms with E-state index < -0.39 is 35.1 Å². The molecule has 0 aromatic heterocycles. The van der Waals surface area contributed by atoms with Crippen LogP contribution in [0.4, 0.5) is 5.69 Å². The van der Waals surface area contributed by atoms with Crippen LogP contribution in [-0.2, 0) is 30.4 Å². The van der Waals surface area contributed by atoms with Crippen LogP contribution in [0.1, 0.15) is 53.0 Å². The SMILES string of the molecule is CC(C)Cc1ccc(NC(=O)[C@H](C)NC(=O)C(NC(=O)CCN2C(=O)CC(S)C2=O)C(C)C)cc1. The molecule has 0 spiro atoms. The molecule has 1 aliphatic heterocycles. The average Bonchev–Trinajstić information content (AvgIpc) is 3.01. The second-order valence-corrected chi connectivity index (χ2v) is 10.3. The number of nitrogens with one attached hydrogen (secondary N) is 3. The summed E-state index contributed by atoms with van der Waals surface area (Å²) in [6.07, 6.45) is 0.837. The number of thiol groups is 1. The monoisotopic (exact) mass is 504 g/mol. The van der Waals surface area contributed by atoms with Crippen LogP contribution >= 0.6 is 12.6 Å². The Hall–Kier alpha value is -2.88. The smallest absolute Gasteiger partial charge is 0.246 e. The Morgan fingerprint density at radius 3 is 2.14 bits per heavy atom. The molecule has 1 aliphatic rings. The van der Waals surface area contributed by atoms with E-state index in [2.05, 4.69) is 42.4 Å². The molecular formula is C25H36N4O5S. The first-order chi connectivity index (χ1) is 16.4. The van der Waals surface area contributed by atoms with E-state index in [1.165, 1.54) is 5.56 Å². The number of likely N-dealkylation sites (tertiary alicyclic amines) is 1. The molecule has 35 heavy (non-hydrogen) atoms. The molecule has 0 bridgehead atoms. The van der Waals surface area contributed by atoms with E-state index >= 15 is 0 Å². The molecular weight excluding hydrogens is 468 g/mol. The maximum Gasteiger partial charge on any atom is 0.246 e. The normalized spacial score (nSPS) is 17.5. The summed E-state index contributed by atoms with van der Waals surface area (Å²) >= 11 is 4.06. The third-order valence-corrected chi connectivity index (χ3v) is 6.07. The Balaban J connectivity index is 1.88. The number of carbonyl (C=O) groups is 5. The van der Waals surface area contributed by atoms with Crippen molar-refractivity contribution in [1.29, 1.82) is 0 Å². The molecule has 2 unspecified atom stereocenters. The van der Waals surface area contributed by atoms with Crippen LogP contribution < -0.4 is 16.0 Å². The van der Waals surface area contributed by atoms with Gasteiger partial charge in [-0.05, 0) is 42.9 Å². The first-order valence-corrected chi connectivity index (χ1v) is 12.4. The highest BCUT2D eigenvalue weighted by Gasteiger charge is 2.36. The van der Waals surface area contributed by atoms with E-state index in [9.17, 15) is 24.0 Å². The Labute approximate surface area is 212 Å². The number of rotatable bonds is 11. The highest BCUT2D eigenvalue weighted by atomic mass is 32.1. The van der Waals surface area contributed by atoms with Gasteiger partial charge in [0.1, 0.15) is 12.1 Å². The molecule has 2 rings (SSSR count). The van der Waals surface area contributed by atoms with Gasteiger partial charge in [-0.1, -0.05) is 39.8 Å². The molecule has 3 atom stereocenters. The molecule has 0 radical (unpaired) electrons. The van der Waals surface area contributed by atoms with E-state index in [1.54, 1.807) is 20.8 Å². The molecule has 1 saturated heterocycles. The van der Waals surface area contributed by atoms with E-state index in [0.29, 0.717) is 11.6 Å². The number of benzene rings is 1. The maximum atomic E-state index is 12.8. The molecule has 0 saturated carbocycles. The fourth-order valence-corrected chi connectivity index (χ4v) is 4.00. The van der Waals surface area contributed by atoms with E-state index in [0.717, 1.165) is 11.3 Å². The molecule has 1 aromatic carbocycles. The number of imide groups is 1.